The van der Waals surface area contributed by atoms with Gasteiger partial charge in [-0.3, -0.25) is 4.79 Å². The molecule has 0 N–H and O–H groups in total. The fraction of sp³-hybridized carbons (Fsp3) is 0.385. The summed E-state index contributed by atoms with van der Waals surface area (Å²) < 4.78 is 15.5. The van der Waals surface area contributed by atoms with E-state index in [0.717, 1.165) is 0 Å². The smallest absolute Gasteiger partial charge is 0.339 e. The molecule has 96 valence electrons. The Hall–Kier alpha value is -2.04. The van der Waals surface area contributed by atoms with Gasteiger partial charge in [-0.25, -0.2) is 4.79 Å². The fourth-order valence-electron chi connectivity index (χ4n) is 2.03. The Kier molecular flexibility index (Phi) is 3.23. The predicted octanol–water partition coefficient (Wildman–Crippen LogP) is 1.37. The second kappa shape index (κ2) is 4.68. The maximum Gasteiger partial charge on any atom is 0.339 e. The number of Topliss-reactive ketones (excluding diaryl/α,β-unsaturated/α-hetero) is 1. The minimum atomic E-state index is -0.744. The highest BCUT2D eigenvalue weighted by molar-refractivity contribution is 5.97. The van der Waals surface area contributed by atoms with E-state index in [4.69, 9.17) is 14.2 Å². The van der Waals surface area contributed by atoms with Gasteiger partial charge in [0.2, 0.25) is 0 Å². The van der Waals surface area contributed by atoms with E-state index in [2.05, 4.69) is 0 Å². The zero-order valence-electron chi connectivity index (χ0n) is 10.5. The summed E-state index contributed by atoms with van der Waals surface area (Å²) >= 11 is 0. The van der Waals surface area contributed by atoms with Crippen molar-refractivity contribution in [2.75, 3.05) is 14.2 Å². The fourth-order valence-corrected chi connectivity index (χ4v) is 2.03. The number of ketones is 1. The minimum Gasteiger partial charge on any atom is -0.493 e. The summed E-state index contributed by atoms with van der Waals surface area (Å²) in [4.78, 5) is 23.2. The van der Waals surface area contributed by atoms with Crippen LogP contribution in [0.1, 0.15) is 22.8 Å². The number of hydrogen-bond donors (Lipinski definition) is 0. The molecule has 5 nitrogen and oxygen atoms in total. The van der Waals surface area contributed by atoms with Crippen molar-refractivity contribution in [3.05, 3.63) is 23.3 Å². The molecule has 1 atom stereocenters. The van der Waals surface area contributed by atoms with Crippen LogP contribution >= 0.6 is 0 Å². The van der Waals surface area contributed by atoms with Crippen molar-refractivity contribution >= 4 is 11.8 Å². The number of carbonyl (C=O) groups is 2. The number of hydrogen-bond acceptors (Lipinski definition) is 5. The molecule has 1 heterocycles. The number of carbonyl (C=O) groups excluding carboxylic acids is 2. The average Bonchev–Trinajstić information content (AvgIpc) is 2.36. The van der Waals surface area contributed by atoms with Gasteiger partial charge < -0.3 is 14.2 Å². The molecule has 1 aromatic carbocycles. The zero-order valence-corrected chi connectivity index (χ0v) is 10.5. The Morgan fingerprint density at radius 2 is 2.06 bits per heavy atom. The molecular weight excluding hydrogens is 236 g/mol. The third-order valence-corrected chi connectivity index (χ3v) is 2.96. The molecule has 5 heteroatoms. The molecule has 0 bridgehead atoms. The van der Waals surface area contributed by atoms with Crippen LogP contribution in [0.4, 0.5) is 0 Å². The zero-order chi connectivity index (χ0) is 13.3. The lowest BCUT2D eigenvalue weighted by atomic mass is 9.95. The summed E-state index contributed by atoms with van der Waals surface area (Å²) in [6.45, 7) is 1.40. The summed E-state index contributed by atoms with van der Waals surface area (Å²) in [5.41, 5.74) is 1.08. The third-order valence-electron chi connectivity index (χ3n) is 2.96. The normalized spacial score (nSPS) is 17.7. The van der Waals surface area contributed by atoms with E-state index in [9.17, 15) is 9.59 Å². The van der Waals surface area contributed by atoms with E-state index in [1.807, 2.05) is 0 Å². The molecule has 0 amide bonds. The molecule has 1 aliphatic heterocycles. The Bertz CT molecular complexity index is 506. The van der Waals surface area contributed by atoms with Crippen molar-refractivity contribution < 1.29 is 23.8 Å². The van der Waals surface area contributed by atoms with Crippen molar-refractivity contribution in [2.45, 2.75) is 19.4 Å². The topological polar surface area (TPSA) is 61.8 Å². The van der Waals surface area contributed by atoms with Gasteiger partial charge >= 0.3 is 5.97 Å². The van der Waals surface area contributed by atoms with Crippen molar-refractivity contribution in [3.63, 3.8) is 0 Å². The van der Waals surface area contributed by atoms with Crippen LogP contribution in [0.15, 0.2) is 12.1 Å². The quantitative estimate of drug-likeness (QED) is 0.758. The molecule has 0 saturated heterocycles. The summed E-state index contributed by atoms with van der Waals surface area (Å²) in [6.07, 6.45) is -0.428. The number of methoxy groups -OCH3 is 2. The standard InChI is InChI=1S/C13H14O5/c1-7(14)11-6-9-8(13(15)18-11)4-5-10(16-2)12(9)17-3/h4-5,11H,6H2,1-3H3. The van der Waals surface area contributed by atoms with Gasteiger partial charge in [0, 0.05) is 12.0 Å². The number of fused-ring (bicyclic) bond motifs is 1. The largest absolute Gasteiger partial charge is 0.493 e. The van der Waals surface area contributed by atoms with Crippen LogP contribution in [0.3, 0.4) is 0 Å². The first-order valence-electron chi connectivity index (χ1n) is 5.53. The van der Waals surface area contributed by atoms with Gasteiger partial charge in [-0.15, -0.1) is 0 Å². The molecule has 1 unspecified atom stereocenters. The van der Waals surface area contributed by atoms with Crippen LogP contribution in [0.25, 0.3) is 0 Å². The van der Waals surface area contributed by atoms with Crippen molar-refractivity contribution in [1.29, 1.82) is 0 Å². The Morgan fingerprint density at radius 1 is 1.33 bits per heavy atom. The van der Waals surface area contributed by atoms with E-state index in [0.29, 0.717) is 29.0 Å². The molecule has 0 aliphatic carbocycles. The number of benzene rings is 1. The van der Waals surface area contributed by atoms with Gasteiger partial charge in [-0.1, -0.05) is 0 Å². The Balaban J connectivity index is 2.54. The molecule has 0 fully saturated rings. The monoisotopic (exact) mass is 250 g/mol. The average molecular weight is 250 g/mol. The first kappa shape index (κ1) is 12.4. The van der Waals surface area contributed by atoms with E-state index in [1.54, 1.807) is 12.1 Å². The Labute approximate surface area is 105 Å². The molecule has 0 spiro atoms. The molecular formula is C13H14O5. The summed E-state index contributed by atoms with van der Waals surface area (Å²) in [6, 6.07) is 3.27. The van der Waals surface area contributed by atoms with Crippen LogP contribution in [0.2, 0.25) is 0 Å². The lowest BCUT2D eigenvalue weighted by molar-refractivity contribution is -0.125. The maximum absolute atomic E-state index is 11.8. The highest BCUT2D eigenvalue weighted by Crippen LogP contribution is 2.37. The van der Waals surface area contributed by atoms with E-state index < -0.39 is 12.1 Å². The SMILES string of the molecule is COc1ccc2c(c1OC)CC(C(C)=O)OC2=O. The number of rotatable bonds is 3. The second-order valence-electron chi connectivity index (χ2n) is 4.04. The van der Waals surface area contributed by atoms with Crippen LogP contribution in [-0.2, 0) is 16.0 Å². The third kappa shape index (κ3) is 1.92. The van der Waals surface area contributed by atoms with Gasteiger partial charge in [0.25, 0.3) is 0 Å². The van der Waals surface area contributed by atoms with E-state index in [-0.39, 0.29) is 5.78 Å². The Morgan fingerprint density at radius 3 is 2.61 bits per heavy atom. The number of ether oxygens (including phenoxy) is 3. The molecule has 0 saturated carbocycles. The van der Waals surface area contributed by atoms with E-state index >= 15 is 0 Å². The lowest BCUT2D eigenvalue weighted by Gasteiger charge is -2.25. The van der Waals surface area contributed by atoms with Gasteiger partial charge in [-0.2, -0.15) is 0 Å². The first-order chi connectivity index (χ1) is 8.58. The predicted molar refractivity (Wildman–Crippen MR) is 63.1 cm³/mol. The van der Waals surface area contributed by atoms with Crippen LogP contribution in [0, 0.1) is 0 Å². The summed E-state index contributed by atoms with van der Waals surface area (Å²) in [5.74, 6) is 0.336. The van der Waals surface area contributed by atoms with Gasteiger partial charge in [0.05, 0.1) is 19.8 Å². The van der Waals surface area contributed by atoms with Crippen LogP contribution in [-0.4, -0.2) is 32.1 Å². The van der Waals surface area contributed by atoms with Gasteiger partial charge in [0.1, 0.15) is 0 Å². The maximum atomic E-state index is 11.8. The molecule has 0 aromatic heterocycles. The minimum absolute atomic E-state index is 0.182. The van der Waals surface area contributed by atoms with Crippen LogP contribution in [0.5, 0.6) is 11.5 Å². The molecule has 0 radical (unpaired) electrons. The molecule has 1 aromatic rings. The van der Waals surface area contributed by atoms with Gasteiger partial charge in [0.15, 0.2) is 23.4 Å². The van der Waals surface area contributed by atoms with Crippen molar-refractivity contribution in [2.24, 2.45) is 0 Å². The molecule has 1 aliphatic rings. The van der Waals surface area contributed by atoms with E-state index in [1.165, 1.54) is 21.1 Å². The molecule has 18 heavy (non-hydrogen) atoms. The van der Waals surface area contributed by atoms with Crippen molar-refractivity contribution in [3.8, 4) is 11.5 Å². The number of cyclic esters (lactones) is 1. The lowest BCUT2D eigenvalue weighted by Crippen LogP contribution is -2.33. The number of esters is 1. The van der Waals surface area contributed by atoms with Crippen molar-refractivity contribution in [1.82, 2.24) is 0 Å². The summed E-state index contributed by atoms with van der Waals surface area (Å²) in [5, 5.41) is 0. The molecule has 2 rings (SSSR count). The highest BCUT2D eigenvalue weighted by atomic mass is 16.5. The summed E-state index contributed by atoms with van der Waals surface area (Å²) in [7, 11) is 3.02. The highest BCUT2D eigenvalue weighted by Gasteiger charge is 2.32. The second-order valence-corrected chi connectivity index (χ2v) is 4.04. The van der Waals surface area contributed by atoms with Crippen LogP contribution < -0.4 is 9.47 Å². The van der Waals surface area contributed by atoms with Gasteiger partial charge in [-0.05, 0) is 19.1 Å². The first-order valence-corrected chi connectivity index (χ1v) is 5.53.